The van der Waals surface area contributed by atoms with Gasteiger partial charge < -0.3 is 14.7 Å². The van der Waals surface area contributed by atoms with Crippen molar-refractivity contribution in [2.24, 2.45) is 5.73 Å². The molecule has 2 heterocycles. The maximum absolute atomic E-state index is 5.39. The van der Waals surface area contributed by atoms with Crippen LogP contribution in [0.5, 0.6) is 0 Å². The smallest absolute Gasteiger partial charge is 0.262 e. The Hall–Kier alpha value is -1.14. The molecule has 80 valence electrons. The first-order chi connectivity index (χ1) is 7.31. The molecule has 2 aromatic rings. The molecule has 0 fully saturated rings. The predicted molar refractivity (Wildman–Crippen MR) is 57.1 cm³/mol. The number of rotatable bonds is 4. The Morgan fingerprint density at radius 3 is 3.00 bits per heavy atom. The van der Waals surface area contributed by atoms with Crippen molar-refractivity contribution in [1.29, 1.82) is 0 Å². The highest BCUT2D eigenvalue weighted by Gasteiger charge is 2.13. The van der Waals surface area contributed by atoms with E-state index in [2.05, 4.69) is 26.1 Å². The van der Waals surface area contributed by atoms with Gasteiger partial charge in [0.05, 0.1) is 11.8 Å². The number of hydrogen-bond donors (Lipinski definition) is 1. The van der Waals surface area contributed by atoms with Crippen LogP contribution in [0.25, 0.3) is 11.5 Å². The van der Waals surface area contributed by atoms with Gasteiger partial charge in [-0.25, -0.2) is 0 Å². The van der Waals surface area contributed by atoms with Gasteiger partial charge in [0.15, 0.2) is 10.5 Å². The number of aryl methyl sites for hydroxylation is 1. The fourth-order valence-corrected chi connectivity index (χ4v) is 1.58. The van der Waals surface area contributed by atoms with Gasteiger partial charge >= 0.3 is 0 Å². The van der Waals surface area contributed by atoms with Crippen molar-refractivity contribution in [2.75, 3.05) is 6.54 Å². The summed E-state index contributed by atoms with van der Waals surface area (Å²) >= 11 is 3.25. The van der Waals surface area contributed by atoms with Crippen LogP contribution >= 0.6 is 15.9 Å². The molecule has 0 aliphatic rings. The molecular formula is C9H10BrN3O2. The van der Waals surface area contributed by atoms with E-state index in [1.807, 2.05) is 0 Å². The Morgan fingerprint density at radius 1 is 1.47 bits per heavy atom. The lowest BCUT2D eigenvalue weighted by Gasteiger charge is -1.88. The predicted octanol–water partition coefficient (Wildman–Crippen LogP) is 1.98. The topological polar surface area (TPSA) is 78.1 Å². The third-order valence-corrected chi connectivity index (χ3v) is 2.54. The zero-order chi connectivity index (χ0) is 10.7. The van der Waals surface area contributed by atoms with Crippen LogP contribution in [0, 0.1) is 0 Å². The van der Waals surface area contributed by atoms with E-state index < -0.39 is 0 Å². The van der Waals surface area contributed by atoms with Gasteiger partial charge in [-0.2, -0.15) is 4.98 Å². The highest BCUT2D eigenvalue weighted by atomic mass is 79.9. The minimum atomic E-state index is 0.461. The second kappa shape index (κ2) is 4.59. The van der Waals surface area contributed by atoms with Crippen LogP contribution in [0.1, 0.15) is 12.2 Å². The Kier molecular flexibility index (Phi) is 3.17. The minimum absolute atomic E-state index is 0.461. The zero-order valence-corrected chi connectivity index (χ0v) is 9.53. The number of nitrogens with two attached hydrogens (primary N) is 1. The lowest BCUT2D eigenvalue weighted by molar-refractivity contribution is 0.420. The zero-order valence-electron chi connectivity index (χ0n) is 7.94. The first-order valence-corrected chi connectivity index (χ1v) is 5.36. The van der Waals surface area contributed by atoms with Crippen LogP contribution < -0.4 is 5.73 Å². The van der Waals surface area contributed by atoms with Crippen molar-refractivity contribution < 1.29 is 8.94 Å². The van der Waals surface area contributed by atoms with Crippen molar-refractivity contribution in [2.45, 2.75) is 12.8 Å². The Labute approximate surface area is 94.8 Å². The van der Waals surface area contributed by atoms with Gasteiger partial charge in [-0.3, -0.25) is 0 Å². The fraction of sp³-hybridized carbons (Fsp3) is 0.333. The van der Waals surface area contributed by atoms with E-state index in [0.717, 1.165) is 18.4 Å². The molecule has 0 atom stereocenters. The first-order valence-electron chi connectivity index (χ1n) is 4.57. The second-order valence-electron chi connectivity index (χ2n) is 3.02. The summed E-state index contributed by atoms with van der Waals surface area (Å²) in [6.07, 6.45) is 3.14. The molecule has 2 N–H and O–H groups in total. The summed E-state index contributed by atoms with van der Waals surface area (Å²) in [6.45, 7) is 0.624. The summed E-state index contributed by atoms with van der Waals surface area (Å²) in [5.41, 5.74) is 6.16. The summed E-state index contributed by atoms with van der Waals surface area (Å²) in [4.78, 5) is 4.23. The van der Waals surface area contributed by atoms with Gasteiger partial charge in [0.25, 0.3) is 5.89 Å². The molecule has 0 radical (unpaired) electrons. The third kappa shape index (κ3) is 2.27. The summed E-state index contributed by atoms with van der Waals surface area (Å²) in [6, 6.07) is 1.77. The fourth-order valence-electron chi connectivity index (χ4n) is 1.17. The Bertz CT molecular complexity index is 438. The lowest BCUT2D eigenvalue weighted by Crippen LogP contribution is -2.01. The Balaban J connectivity index is 2.17. The van der Waals surface area contributed by atoms with Crippen LogP contribution in [0.4, 0.5) is 0 Å². The molecule has 0 bridgehead atoms. The molecule has 0 spiro atoms. The molecule has 5 nitrogen and oxygen atoms in total. The molecule has 15 heavy (non-hydrogen) atoms. The van der Waals surface area contributed by atoms with E-state index >= 15 is 0 Å². The average molecular weight is 272 g/mol. The number of halogens is 1. The number of nitrogens with zero attached hydrogens (tertiary/aromatic N) is 2. The quantitative estimate of drug-likeness (QED) is 0.920. The molecule has 0 aliphatic carbocycles. The van der Waals surface area contributed by atoms with E-state index in [9.17, 15) is 0 Å². The molecule has 6 heteroatoms. The Morgan fingerprint density at radius 2 is 2.33 bits per heavy atom. The molecule has 2 aromatic heterocycles. The van der Waals surface area contributed by atoms with Crippen LogP contribution in [-0.4, -0.2) is 16.7 Å². The minimum Gasteiger partial charge on any atom is -0.457 e. The molecule has 0 aromatic carbocycles. The van der Waals surface area contributed by atoms with Crippen molar-refractivity contribution in [3.63, 3.8) is 0 Å². The normalized spacial score (nSPS) is 10.8. The molecular weight excluding hydrogens is 262 g/mol. The number of aromatic nitrogens is 2. The van der Waals surface area contributed by atoms with E-state index in [-0.39, 0.29) is 0 Å². The highest BCUT2D eigenvalue weighted by Crippen LogP contribution is 2.27. The number of hydrogen-bond acceptors (Lipinski definition) is 5. The molecule has 0 aliphatic heterocycles. The highest BCUT2D eigenvalue weighted by molar-refractivity contribution is 9.10. The largest absolute Gasteiger partial charge is 0.457 e. The standard InChI is InChI=1S/C9H10BrN3O2/c10-8-6(3-5-14-8)9-12-7(13-15-9)2-1-4-11/h3,5H,1-2,4,11H2. The number of furan rings is 1. The van der Waals surface area contributed by atoms with E-state index in [4.69, 9.17) is 14.7 Å². The van der Waals surface area contributed by atoms with Gasteiger partial charge in [0.2, 0.25) is 0 Å². The molecule has 0 saturated carbocycles. The SMILES string of the molecule is NCCCc1noc(-c2ccoc2Br)n1. The van der Waals surface area contributed by atoms with Crippen molar-refractivity contribution in [3.8, 4) is 11.5 Å². The van der Waals surface area contributed by atoms with Gasteiger partial charge in [-0.15, -0.1) is 0 Å². The van der Waals surface area contributed by atoms with E-state index in [1.165, 1.54) is 0 Å². The maximum atomic E-state index is 5.39. The van der Waals surface area contributed by atoms with Crippen molar-refractivity contribution in [1.82, 2.24) is 10.1 Å². The van der Waals surface area contributed by atoms with Gasteiger partial charge in [0, 0.05) is 6.42 Å². The van der Waals surface area contributed by atoms with Gasteiger partial charge in [-0.1, -0.05) is 5.16 Å². The summed E-state index contributed by atoms with van der Waals surface area (Å²) < 4.78 is 10.8. The first kappa shape index (κ1) is 10.4. The molecule has 0 saturated heterocycles. The van der Waals surface area contributed by atoms with E-state index in [1.54, 1.807) is 12.3 Å². The van der Waals surface area contributed by atoms with Crippen molar-refractivity contribution >= 4 is 15.9 Å². The van der Waals surface area contributed by atoms with E-state index in [0.29, 0.717) is 22.9 Å². The van der Waals surface area contributed by atoms with Gasteiger partial charge in [-0.05, 0) is 35.0 Å². The van der Waals surface area contributed by atoms with Crippen LogP contribution in [0.15, 0.2) is 25.9 Å². The summed E-state index contributed by atoms with van der Waals surface area (Å²) in [5, 5.41) is 3.85. The summed E-state index contributed by atoms with van der Waals surface area (Å²) in [7, 11) is 0. The molecule has 2 rings (SSSR count). The van der Waals surface area contributed by atoms with Crippen LogP contribution in [0.3, 0.4) is 0 Å². The summed E-state index contributed by atoms with van der Waals surface area (Å²) in [5.74, 6) is 1.13. The maximum Gasteiger partial charge on any atom is 0.262 e. The van der Waals surface area contributed by atoms with Crippen LogP contribution in [0.2, 0.25) is 0 Å². The van der Waals surface area contributed by atoms with Gasteiger partial charge in [0.1, 0.15) is 0 Å². The average Bonchev–Trinajstić information content (AvgIpc) is 2.83. The van der Waals surface area contributed by atoms with Crippen molar-refractivity contribution in [3.05, 3.63) is 22.8 Å². The monoisotopic (exact) mass is 271 g/mol. The second-order valence-corrected chi connectivity index (χ2v) is 3.74. The molecule has 0 unspecified atom stereocenters. The lowest BCUT2D eigenvalue weighted by atomic mass is 10.3. The van der Waals surface area contributed by atoms with Crippen LogP contribution in [-0.2, 0) is 6.42 Å². The third-order valence-electron chi connectivity index (χ3n) is 1.92. The molecule has 0 amide bonds.